The minimum atomic E-state index is -3.96. The van der Waals surface area contributed by atoms with E-state index in [1.807, 2.05) is 18.4 Å². The van der Waals surface area contributed by atoms with Gasteiger partial charge in [-0.15, -0.1) is 10.2 Å². The van der Waals surface area contributed by atoms with Gasteiger partial charge in [0.15, 0.2) is 11.6 Å². The Hall–Kier alpha value is -1.86. The number of nitrogens with zero attached hydrogens (tertiary/aromatic N) is 5. The molecule has 1 unspecified atom stereocenters. The third-order valence-electron chi connectivity index (χ3n) is 6.33. The molecule has 4 heterocycles. The summed E-state index contributed by atoms with van der Waals surface area (Å²) in [5, 5.41) is 7.92. The van der Waals surface area contributed by atoms with E-state index in [1.165, 1.54) is 26.4 Å². The number of rotatable bonds is 8. The molecule has 34 heavy (non-hydrogen) atoms. The molecule has 0 spiro atoms. The summed E-state index contributed by atoms with van der Waals surface area (Å²) in [5.74, 6) is 1.01. The SMILES string of the molecule is CO[C@H](c1ncc(Cl)cn1)[C@H](C)S(=O)(=O)Nc1nnc(C2CCC(C)(C)O2)n1C1CCOCC1. The van der Waals surface area contributed by atoms with Crippen molar-refractivity contribution in [3.05, 3.63) is 29.1 Å². The second-order valence-corrected chi connectivity index (χ2v) is 11.7. The van der Waals surface area contributed by atoms with Crippen LogP contribution in [0.2, 0.25) is 5.02 Å². The van der Waals surface area contributed by atoms with Crippen molar-refractivity contribution in [2.45, 2.75) is 75.6 Å². The zero-order valence-corrected chi connectivity index (χ0v) is 21.3. The van der Waals surface area contributed by atoms with Crippen LogP contribution < -0.4 is 4.72 Å². The maximum absolute atomic E-state index is 13.4. The van der Waals surface area contributed by atoms with E-state index < -0.39 is 21.4 Å². The number of methoxy groups -OCH3 is 1. The monoisotopic (exact) mass is 514 g/mol. The molecule has 2 fully saturated rings. The van der Waals surface area contributed by atoms with Crippen LogP contribution in [0.15, 0.2) is 12.4 Å². The van der Waals surface area contributed by atoms with Crippen molar-refractivity contribution < 1.29 is 22.6 Å². The summed E-state index contributed by atoms with van der Waals surface area (Å²) in [7, 11) is -2.55. The number of halogens is 1. The molecule has 2 saturated heterocycles. The molecule has 0 aromatic carbocycles. The van der Waals surface area contributed by atoms with Crippen LogP contribution in [0.3, 0.4) is 0 Å². The molecule has 4 rings (SSSR count). The molecule has 0 aliphatic carbocycles. The molecule has 0 amide bonds. The molecule has 1 N–H and O–H groups in total. The summed E-state index contributed by atoms with van der Waals surface area (Å²) >= 11 is 5.87. The number of hydrogen-bond donors (Lipinski definition) is 1. The summed E-state index contributed by atoms with van der Waals surface area (Å²) in [6.45, 7) is 6.78. The zero-order chi connectivity index (χ0) is 24.5. The Kier molecular flexibility index (Phi) is 7.44. The summed E-state index contributed by atoms with van der Waals surface area (Å²) in [6, 6.07) is -0.00288. The first kappa shape index (κ1) is 25.2. The molecule has 188 valence electrons. The normalized spacial score (nSPS) is 23.0. The Morgan fingerprint density at radius 3 is 2.47 bits per heavy atom. The first-order chi connectivity index (χ1) is 16.1. The van der Waals surface area contributed by atoms with E-state index in [4.69, 9.17) is 25.8 Å². The van der Waals surface area contributed by atoms with Crippen LogP contribution in [-0.4, -0.2) is 64.3 Å². The van der Waals surface area contributed by atoms with Gasteiger partial charge in [-0.05, 0) is 46.5 Å². The fourth-order valence-electron chi connectivity index (χ4n) is 4.42. The van der Waals surface area contributed by atoms with Gasteiger partial charge in [0.25, 0.3) is 0 Å². The van der Waals surface area contributed by atoms with Crippen LogP contribution in [0.25, 0.3) is 0 Å². The van der Waals surface area contributed by atoms with Gasteiger partial charge in [0, 0.05) is 38.8 Å². The van der Waals surface area contributed by atoms with Crippen molar-refractivity contribution in [1.82, 2.24) is 24.7 Å². The van der Waals surface area contributed by atoms with E-state index in [9.17, 15) is 8.42 Å². The predicted molar refractivity (Wildman–Crippen MR) is 125 cm³/mol. The smallest absolute Gasteiger partial charge is 0.240 e. The lowest BCUT2D eigenvalue weighted by Gasteiger charge is -2.28. The summed E-state index contributed by atoms with van der Waals surface area (Å²) in [5.41, 5.74) is -0.268. The predicted octanol–water partition coefficient (Wildman–Crippen LogP) is 3.22. The summed E-state index contributed by atoms with van der Waals surface area (Å²) < 4.78 is 48.5. The molecule has 2 aliphatic heterocycles. The Balaban J connectivity index is 1.63. The third-order valence-corrected chi connectivity index (χ3v) is 8.22. The van der Waals surface area contributed by atoms with Crippen LogP contribution in [0.4, 0.5) is 5.95 Å². The van der Waals surface area contributed by atoms with Crippen molar-refractivity contribution in [3.8, 4) is 0 Å². The lowest BCUT2D eigenvalue weighted by Crippen LogP contribution is -2.34. The highest BCUT2D eigenvalue weighted by molar-refractivity contribution is 7.93. The molecule has 3 atom stereocenters. The van der Waals surface area contributed by atoms with E-state index in [0.29, 0.717) is 24.1 Å². The van der Waals surface area contributed by atoms with E-state index in [-0.39, 0.29) is 29.5 Å². The number of hydrogen-bond acceptors (Lipinski definition) is 9. The fourth-order valence-corrected chi connectivity index (χ4v) is 5.65. The van der Waals surface area contributed by atoms with Crippen molar-refractivity contribution >= 4 is 27.6 Å². The van der Waals surface area contributed by atoms with Crippen molar-refractivity contribution in [2.24, 2.45) is 0 Å². The highest BCUT2D eigenvalue weighted by Gasteiger charge is 2.39. The second kappa shape index (κ2) is 10.0. The fraction of sp³-hybridized carbons (Fsp3) is 0.714. The number of ether oxygens (including phenoxy) is 3. The standard InChI is InChI=1S/C21H31ClN6O5S/c1-13(17(31-4)18-23-11-14(22)12-24-18)34(29,30)27-20-26-25-19(16-5-8-21(2,3)33-16)28(20)15-6-9-32-10-7-15/h11-13,15-17H,5-10H2,1-4H3,(H,26,27)/t13-,16?,17-/m0/s1. The van der Waals surface area contributed by atoms with Gasteiger partial charge < -0.3 is 14.2 Å². The van der Waals surface area contributed by atoms with Gasteiger partial charge in [0.2, 0.25) is 16.0 Å². The maximum Gasteiger partial charge on any atom is 0.240 e. The topological polar surface area (TPSA) is 130 Å². The molecule has 0 radical (unpaired) electrons. The van der Waals surface area contributed by atoms with Gasteiger partial charge in [-0.1, -0.05) is 11.6 Å². The van der Waals surface area contributed by atoms with Crippen LogP contribution in [0.5, 0.6) is 0 Å². The minimum absolute atomic E-state index is 0.00288. The molecule has 0 bridgehead atoms. The van der Waals surface area contributed by atoms with Gasteiger partial charge in [-0.2, -0.15) is 0 Å². The van der Waals surface area contributed by atoms with E-state index >= 15 is 0 Å². The third kappa shape index (κ3) is 5.35. The molecule has 13 heteroatoms. The quantitative estimate of drug-likeness (QED) is 0.564. The van der Waals surface area contributed by atoms with Crippen LogP contribution in [-0.2, 0) is 24.2 Å². The number of anilines is 1. The highest BCUT2D eigenvalue weighted by Crippen LogP contribution is 2.40. The van der Waals surface area contributed by atoms with Gasteiger partial charge in [0.1, 0.15) is 17.5 Å². The van der Waals surface area contributed by atoms with Crippen LogP contribution in [0, 0.1) is 0 Å². The Morgan fingerprint density at radius 2 is 1.88 bits per heavy atom. The van der Waals surface area contributed by atoms with Gasteiger partial charge in [-0.25, -0.2) is 18.4 Å². The van der Waals surface area contributed by atoms with E-state index in [1.54, 1.807) is 0 Å². The number of nitrogens with one attached hydrogen (secondary N) is 1. The largest absolute Gasteiger partial charge is 0.381 e. The highest BCUT2D eigenvalue weighted by atomic mass is 35.5. The first-order valence-electron chi connectivity index (χ1n) is 11.3. The minimum Gasteiger partial charge on any atom is -0.381 e. The van der Waals surface area contributed by atoms with Crippen molar-refractivity contribution in [2.75, 3.05) is 25.0 Å². The van der Waals surface area contributed by atoms with Crippen LogP contribution in [0.1, 0.15) is 76.4 Å². The van der Waals surface area contributed by atoms with Crippen molar-refractivity contribution in [3.63, 3.8) is 0 Å². The molecule has 2 aromatic heterocycles. The molecular weight excluding hydrogens is 484 g/mol. The molecule has 2 aliphatic rings. The molecule has 0 saturated carbocycles. The first-order valence-corrected chi connectivity index (χ1v) is 13.3. The lowest BCUT2D eigenvalue weighted by molar-refractivity contribution is -0.0232. The van der Waals surface area contributed by atoms with Crippen LogP contribution >= 0.6 is 11.6 Å². The Morgan fingerprint density at radius 1 is 1.21 bits per heavy atom. The molecule has 11 nitrogen and oxygen atoms in total. The lowest BCUT2D eigenvalue weighted by atomic mass is 10.0. The van der Waals surface area contributed by atoms with Gasteiger partial charge in [0.05, 0.1) is 10.6 Å². The van der Waals surface area contributed by atoms with Gasteiger partial charge >= 0.3 is 0 Å². The average Bonchev–Trinajstić information content (AvgIpc) is 3.38. The van der Waals surface area contributed by atoms with E-state index in [2.05, 4.69) is 24.9 Å². The summed E-state index contributed by atoms with van der Waals surface area (Å²) in [6.07, 6.45) is 4.77. The molecule has 2 aromatic rings. The van der Waals surface area contributed by atoms with Crippen molar-refractivity contribution in [1.29, 1.82) is 0 Å². The number of sulfonamides is 1. The van der Waals surface area contributed by atoms with Gasteiger partial charge in [-0.3, -0.25) is 9.29 Å². The Bertz CT molecular complexity index is 1090. The van der Waals surface area contributed by atoms with E-state index in [0.717, 1.165) is 25.7 Å². The average molecular weight is 515 g/mol. The zero-order valence-electron chi connectivity index (χ0n) is 19.8. The second-order valence-electron chi connectivity index (χ2n) is 9.27. The maximum atomic E-state index is 13.4. The molecular formula is C21H31ClN6O5S. The number of aromatic nitrogens is 5. The Labute approximate surface area is 204 Å². The summed E-state index contributed by atoms with van der Waals surface area (Å²) in [4.78, 5) is 8.26.